The number of Topliss-reactive ketones (excluding diaryl/α,β-unsaturated/α-hetero) is 1. The molecule has 1 heterocycles. The van der Waals surface area contributed by atoms with Crippen molar-refractivity contribution in [2.45, 2.75) is 32.6 Å². The van der Waals surface area contributed by atoms with E-state index in [9.17, 15) is 14.3 Å². The van der Waals surface area contributed by atoms with Gasteiger partial charge in [0.25, 0.3) is 0 Å². The van der Waals surface area contributed by atoms with E-state index in [0.29, 0.717) is 35.5 Å². The first-order chi connectivity index (χ1) is 11.9. The second kappa shape index (κ2) is 5.45. The van der Waals surface area contributed by atoms with Gasteiger partial charge in [0.15, 0.2) is 5.78 Å². The molecule has 4 heteroatoms. The Balaban J connectivity index is 1.96. The molecule has 2 aliphatic rings. The number of hydrogen-bond acceptors (Lipinski definition) is 3. The highest BCUT2D eigenvalue weighted by Crippen LogP contribution is 2.51. The minimum absolute atomic E-state index is 0.0920. The number of hydrogen-bond donors (Lipinski definition) is 1. The number of ether oxygens (including phenoxy) is 1. The van der Waals surface area contributed by atoms with Crippen LogP contribution in [0.4, 0.5) is 4.39 Å². The number of benzene rings is 2. The van der Waals surface area contributed by atoms with Gasteiger partial charge < -0.3 is 9.84 Å². The van der Waals surface area contributed by atoms with Crippen molar-refractivity contribution in [3.05, 3.63) is 70.7 Å². The number of aliphatic hydroxyl groups is 1. The van der Waals surface area contributed by atoms with E-state index >= 15 is 0 Å². The van der Waals surface area contributed by atoms with E-state index in [1.165, 1.54) is 12.1 Å². The summed E-state index contributed by atoms with van der Waals surface area (Å²) < 4.78 is 19.8. The van der Waals surface area contributed by atoms with Gasteiger partial charge in [0.05, 0.1) is 0 Å². The third kappa shape index (κ3) is 2.62. The number of ketones is 1. The maximum Gasteiger partial charge on any atom is 0.163 e. The first kappa shape index (κ1) is 15.9. The van der Waals surface area contributed by atoms with Crippen molar-refractivity contribution in [2.75, 3.05) is 0 Å². The maximum atomic E-state index is 13.9. The van der Waals surface area contributed by atoms with Gasteiger partial charge in [0.1, 0.15) is 23.1 Å². The van der Waals surface area contributed by atoms with Gasteiger partial charge in [-0.1, -0.05) is 32.0 Å². The molecule has 1 atom stereocenters. The molecule has 2 aromatic carbocycles. The molecule has 25 heavy (non-hydrogen) atoms. The van der Waals surface area contributed by atoms with Crippen LogP contribution < -0.4 is 4.74 Å². The highest BCUT2D eigenvalue weighted by atomic mass is 19.1. The lowest BCUT2D eigenvalue weighted by Gasteiger charge is -2.35. The molecule has 0 saturated carbocycles. The molecule has 0 fully saturated rings. The number of para-hydroxylation sites is 1. The third-order valence-corrected chi connectivity index (χ3v) is 4.92. The van der Waals surface area contributed by atoms with E-state index in [-0.39, 0.29) is 17.0 Å². The Morgan fingerprint density at radius 3 is 2.56 bits per heavy atom. The first-order valence-corrected chi connectivity index (χ1v) is 8.37. The molecule has 128 valence electrons. The molecule has 3 nitrogen and oxygen atoms in total. The third-order valence-electron chi connectivity index (χ3n) is 4.92. The van der Waals surface area contributed by atoms with Crippen molar-refractivity contribution in [1.29, 1.82) is 0 Å². The van der Waals surface area contributed by atoms with Crippen molar-refractivity contribution in [1.82, 2.24) is 0 Å². The van der Waals surface area contributed by atoms with Crippen LogP contribution in [0.15, 0.2) is 53.8 Å². The van der Waals surface area contributed by atoms with Crippen LogP contribution in [-0.2, 0) is 4.79 Å². The van der Waals surface area contributed by atoms with Gasteiger partial charge in [-0.05, 0) is 29.7 Å². The Morgan fingerprint density at radius 1 is 1.08 bits per heavy atom. The van der Waals surface area contributed by atoms with E-state index in [2.05, 4.69) is 0 Å². The Bertz CT molecular complexity index is 911. The highest BCUT2D eigenvalue weighted by molar-refractivity contribution is 5.99. The Labute approximate surface area is 145 Å². The normalized spacial score (nSPS) is 21.4. The summed E-state index contributed by atoms with van der Waals surface area (Å²) in [5, 5.41) is 10.7. The molecule has 0 saturated heterocycles. The molecular formula is C21H19FO3. The summed E-state index contributed by atoms with van der Waals surface area (Å²) in [7, 11) is 0. The maximum absolute atomic E-state index is 13.9. The molecule has 0 amide bonds. The van der Waals surface area contributed by atoms with Crippen molar-refractivity contribution >= 4 is 5.78 Å². The molecule has 1 aliphatic carbocycles. The van der Waals surface area contributed by atoms with Gasteiger partial charge in [-0.15, -0.1) is 0 Å². The molecule has 0 bridgehead atoms. The summed E-state index contributed by atoms with van der Waals surface area (Å²) in [5.41, 5.74) is 1.44. The van der Waals surface area contributed by atoms with Crippen LogP contribution in [0.25, 0.3) is 0 Å². The van der Waals surface area contributed by atoms with Crippen molar-refractivity contribution in [3.63, 3.8) is 0 Å². The number of carbonyl (C=O) groups excluding carboxylic acids is 1. The van der Waals surface area contributed by atoms with Crippen LogP contribution in [0.2, 0.25) is 0 Å². The summed E-state index contributed by atoms with van der Waals surface area (Å²) in [6.07, 6.45) is 0.787. The highest BCUT2D eigenvalue weighted by Gasteiger charge is 2.40. The van der Waals surface area contributed by atoms with Gasteiger partial charge in [-0.2, -0.15) is 0 Å². The van der Waals surface area contributed by atoms with Crippen molar-refractivity contribution in [3.8, 4) is 11.5 Å². The topological polar surface area (TPSA) is 46.5 Å². The lowest BCUT2D eigenvalue weighted by atomic mass is 9.70. The van der Waals surface area contributed by atoms with Crippen LogP contribution in [-0.4, -0.2) is 10.9 Å². The molecule has 0 radical (unpaired) electrons. The molecular weight excluding hydrogens is 319 g/mol. The van der Waals surface area contributed by atoms with E-state index in [1.54, 1.807) is 6.07 Å². The zero-order valence-corrected chi connectivity index (χ0v) is 14.2. The minimum Gasteiger partial charge on any atom is -0.512 e. The summed E-state index contributed by atoms with van der Waals surface area (Å²) in [6.45, 7) is 3.92. The number of halogens is 1. The SMILES string of the molecule is CC1(C)CC(=O)C([C@H]2c3ccccc3Oc3ccc(F)cc32)=C(O)C1. The number of fused-ring (bicyclic) bond motifs is 2. The van der Waals surface area contributed by atoms with E-state index in [4.69, 9.17) is 4.74 Å². The average molecular weight is 338 g/mol. The molecule has 4 rings (SSSR count). The fourth-order valence-electron chi connectivity index (χ4n) is 3.88. The Morgan fingerprint density at radius 2 is 1.80 bits per heavy atom. The van der Waals surface area contributed by atoms with Gasteiger partial charge in [0, 0.05) is 35.5 Å². The largest absolute Gasteiger partial charge is 0.512 e. The smallest absolute Gasteiger partial charge is 0.163 e. The first-order valence-electron chi connectivity index (χ1n) is 8.37. The van der Waals surface area contributed by atoms with Gasteiger partial charge >= 0.3 is 0 Å². The molecule has 0 spiro atoms. The van der Waals surface area contributed by atoms with Crippen molar-refractivity contribution in [2.24, 2.45) is 5.41 Å². The predicted molar refractivity (Wildman–Crippen MR) is 92.4 cm³/mol. The van der Waals surface area contributed by atoms with Gasteiger partial charge in [-0.3, -0.25) is 4.79 Å². The lowest BCUT2D eigenvalue weighted by molar-refractivity contribution is -0.118. The molecule has 1 N–H and O–H groups in total. The standard InChI is InChI=1S/C21H19FO3/c1-21(2)10-15(23)20(16(24)11-21)19-13-5-3-4-6-17(13)25-18-8-7-12(22)9-14(18)19/h3-9,19,23H,10-11H2,1-2H3/t19-/m0/s1. The van der Waals surface area contributed by atoms with E-state index in [0.717, 1.165) is 5.56 Å². The minimum atomic E-state index is -0.515. The Kier molecular flexibility index (Phi) is 3.46. The van der Waals surface area contributed by atoms with Crippen LogP contribution in [0, 0.1) is 11.2 Å². The van der Waals surface area contributed by atoms with E-state index in [1.807, 2.05) is 38.1 Å². The quantitative estimate of drug-likeness (QED) is 0.771. The molecule has 1 aliphatic heterocycles. The predicted octanol–water partition coefficient (Wildman–Crippen LogP) is 5.26. The summed E-state index contributed by atoms with van der Waals surface area (Å²) >= 11 is 0. The number of rotatable bonds is 1. The zero-order chi connectivity index (χ0) is 17.8. The second-order valence-electron chi connectivity index (χ2n) is 7.56. The van der Waals surface area contributed by atoms with Crippen LogP contribution in [0.1, 0.15) is 43.7 Å². The number of allylic oxidation sites excluding steroid dienone is 2. The van der Waals surface area contributed by atoms with Crippen LogP contribution in [0.3, 0.4) is 0 Å². The fraction of sp³-hybridized carbons (Fsp3) is 0.286. The molecule has 0 unspecified atom stereocenters. The van der Waals surface area contributed by atoms with Gasteiger partial charge in [0.2, 0.25) is 0 Å². The van der Waals surface area contributed by atoms with Crippen LogP contribution in [0.5, 0.6) is 11.5 Å². The summed E-state index contributed by atoms with van der Waals surface area (Å²) in [4.78, 5) is 12.9. The fourth-order valence-corrected chi connectivity index (χ4v) is 3.88. The monoisotopic (exact) mass is 338 g/mol. The number of carbonyl (C=O) groups is 1. The zero-order valence-electron chi connectivity index (χ0n) is 14.2. The molecule has 0 aromatic heterocycles. The Hall–Kier alpha value is -2.62. The lowest BCUT2D eigenvalue weighted by Crippen LogP contribution is -2.29. The van der Waals surface area contributed by atoms with E-state index < -0.39 is 11.7 Å². The summed E-state index contributed by atoms with van der Waals surface area (Å²) in [6, 6.07) is 11.7. The van der Waals surface area contributed by atoms with Crippen LogP contribution >= 0.6 is 0 Å². The second-order valence-corrected chi connectivity index (χ2v) is 7.56. The summed E-state index contributed by atoms with van der Waals surface area (Å²) in [5.74, 6) is 0.242. The molecule has 2 aromatic rings. The average Bonchev–Trinajstić information content (AvgIpc) is 2.53. The number of aliphatic hydroxyl groups excluding tert-OH is 1. The van der Waals surface area contributed by atoms with Gasteiger partial charge in [-0.25, -0.2) is 4.39 Å². The van der Waals surface area contributed by atoms with Crippen molar-refractivity contribution < 1.29 is 19.0 Å².